The van der Waals surface area contributed by atoms with Crippen LogP contribution < -0.4 is 4.90 Å². The van der Waals surface area contributed by atoms with E-state index in [0.717, 1.165) is 27.7 Å². The molecule has 0 saturated carbocycles. The van der Waals surface area contributed by atoms with Crippen LogP contribution in [0.3, 0.4) is 0 Å². The molecule has 0 aliphatic carbocycles. The molecule has 0 amide bonds. The number of aliphatic hydroxyl groups excluding tert-OH is 1. The van der Waals surface area contributed by atoms with Crippen LogP contribution in [0.4, 0.5) is 5.82 Å². The molecule has 88 valence electrons. The van der Waals surface area contributed by atoms with E-state index in [1.165, 1.54) is 0 Å². The molecule has 1 aliphatic rings. The van der Waals surface area contributed by atoms with Gasteiger partial charge in [-0.3, -0.25) is 0 Å². The molecule has 0 radical (unpaired) electrons. The normalized spacial score (nSPS) is 25.9. The van der Waals surface area contributed by atoms with Gasteiger partial charge in [-0.1, -0.05) is 6.92 Å². The highest BCUT2D eigenvalue weighted by atomic mass is 79.9. The summed E-state index contributed by atoms with van der Waals surface area (Å²) in [5, 5.41) is 9.86. The van der Waals surface area contributed by atoms with Crippen molar-refractivity contribution < 1.29 is 5.11 Å². The number of nitrogens with zero attached hydrogens (tertiary/aromatic N) is 2. The first-order valence-electron chi connectivity index (χ1n) is 5.32. The Morgan fingerprint density at radius 2 is 2.25 bits per heavy atom. The van der Waals surface area contributed by atoms with Crippen molar-refractivity contribution in [1.82, 2.24) is 4.98 Å². The van der Waals surface area contributed by atoms with Crippen molar-refractivity contribution in [2.75, 3.05) is 18.0 Å². The van der Waals surface area contributed by atoms with E-state index in [-0.39, 0.29) is 6.10 Å². The van der Waals surface area contributed by atoms with Crippen molar-refractivity contribution in [3.63, 3.8) is 0 Å². The van der Waals surface area contributed by atoms with E-state index >= 15 is 0 Å². The summed E-state index contributed by atoms with van der Waals surface area (Å²) in [7, 11) is 0. The molecule has 1 saturated heterocycles. The monoisotopic (exact) mass is 348 g/mol. The van der Waals surface area contributed by atoms with Crippen molar-refractivity contribution in [2.45, 2.75) is 19.4 Å². The van der Waals surface area contributed by atoms with Crippen LogP contribution in [0.15, 0.2) is 21.2 Å². The molecule has 1 aromatic rings. The SMILES string of the molecule is CC1CCN(c2ncc(Br)cc2Br)CC1O. The van der Waals surface area contributed by atoms with Crippen molar-refractivity contribution in [1.29, 1.82) is 0 Å². The van der Waals surface area contributed by atoms with E-state index in [1.807, 2.05) is 6.07 Å². The lowest BCUT2D eigenvalue weighted by Crippen LogP contribution is -2.43. The molecule has 2 heterocycles. The van der Waals surface area contributed by atoms with Crippen LogP contribution in [0.5, 0.6) is 0 Å². The molecular formula is C11H14Br2N2O. The molecule has 2 atom stereocenters. The number of piperidine rings is 1. The van der Waals surface area contributed by atoms with Gasteiger partial charge < -0.3 is 10.0 Å². The van der Waals surface area contributed by atoms with E-state index in [9.17, 15) is 5.11 Å². The van der Waals surface area contributed by atoms with Crippen LogP contribution in [0.2, 0.25) is 0 Å². The predicted molar refractivity (Wildman–Crippen MR) is 71.6 cm³/mol. The summed E-state index contributed by atoms with van der Waals surface area (Å²) in [5.74, 6) is 1.29. The highest BCUT2D eigenvalue weighted by Crippen LogP contribution is 2.29. The second-order valence-corrected chi connectivity index (χ2v) is 6.01. The van der Waals surface area contributed by atoms with Crippen molar-refractivity contribution in [3.05, 3.63) is 21.2 Å². The maximum absolute atomic E-state index is 9.86. The molecule has 5 heteroatoms. The number of anilines is 1. The minimum absolute atomic E-state index is 0.258. The number of rotatable bonds is 1. The molecule has 1 fully saturated rings. The fourth-order valence-electron chi connectivity index (χ4n) is 1.88. The van der Waals surface area contributed by atoms with E-state index < -0.39 is 0 Å². The topological polar surface area (TPSA) is 36.4 Å². The lowest BCUT2D eigenvalue weighted by molar-refractivity contribution is 0.102. The number of hydrogen-bond acceptors (Lipinski definition) is 3. The number of aromatic nitrogens is 1. The zero-order valence-electron chi connectivity index (χ0n) is 9.03. The van der Waals surface area contributed by atoms with Crippen LogP contribution in [0.25, 0.3) is 0 Å². The Kier molecular flexibility index (Phi) is 3.87. The molecule has 1 aliphatic heterocycles. The van der Waals surface area contributed by atoms with Gasteiger partial charge in [0, 0.05) is 23.8 Å². The lowest BCUT2D eigenvalue weighted by Gasteiger charge is -2.35. The van der Waals surface area contributed by atoms with Crippen LogP contribution in [-0.2, 0) is 0 Å². The summed E-state index contributed by atoms with van der Waals surface area (Å²) in [6.07, 6.45) is 2.53. The molecule has 2 unspecified atom stereocenters. The molecule has 1 N–H and O–H groups in total. The molecule has 16 heavy (non-hydrogen) atoms. The third kappa shape index (κ3) is 2.57. The average molecular weight is 350 g/mol. The summed E-state index contributed by atoms with van der Waals surface area (Å²) in [5.41, 5.74) is 0. The molecule has 0 spiro atoms. The second kappa shape index (κ2) is 5.02. The van der Waals surface area contributed by atoms with Gasteiger partial charge >= 0.3 is 0 Å². The summed E-state index contributed by atoms with van der Waals surface area (Å²) >= 11 is 6.88. The predicted octanol–water partition coefficient (Wildman–Crippen LogP) is 2.81. The van der Waals surface area contributed by atoms with Gasteiger partial charge in [-0.15, -0.1) is 0 Å². The Bertz CT molecular complexity index is 386. The van der Waals surface area contributed by atoms with Crippen molar-refractivity contribution in [2.24, 2.45) is 5.92 Å². The van der Waals surface area contributed by atoms with Crippen molar-refractivity contribution in [3.8, 4) is 0 Å². The van der Waals surface area contributed by atoms with Crippen LogP contribution in [-0.4, -0.2) is 29.3 Å². The fourth-order valence-corrected chi connectivity index (χ4v) is 3.12. The Morgan fingerprint density at radius 1 is 1.50 bits per heavy atom. The minimum Gasteiger partial charge on any atom is -0.391 e. The second-order valence-electron chi connectivity index (χ2n) is 4.24. The van der Waals surface area contributed by atoms with E-state index in [0.29, 0.717) is 12.5 Å². The lowest BCUT2D eigenvalue weighted by atomic mass is 9.96. The largest absolute Gasteiger partial charge is 0.391 e. The first kappa shape index (κ1) is 12.3. The van der Waals surface area contributed by atoms with Crippen LogP contribution in [0, 0.1) is 5.92 Å². The van der Waals surface area contributed by atoms with Gasteiger partial charge in [0.05, 0.1) is 10.6 Å². The van der Waals surface area contributed by atoms with Gasteiger partial charge in [0.2, 0.25) is 0 Å². The maximum Gasteiger partial charge on any atom is 0.143 e. The minimum atomic E-state index is -0.258. The van der Waals surface area contributed by atoms with E-state index in [4.69, 9.17) is 0 Å². The third-order valence-electron chi connectivity index (χ3n) is 3.01. The molecule has 3 nitrogen and oxygen atoms in total. The Morgan fingerprint density at radius 3 is 2.88 bits per heavy atom. The Balaban J connectivity index is 2.18. The highest BCUT2D eigenvalue weighted by molar-refractivity contribution is 9.11. The number of pyridine rings is 1. The standard InChI is InChI=1S/C11H14Br2N2O/c1-7-2-3-15(6-10(7)16)11-9(13)4-8(12)5-14-11/h4-5,7,10,16H,2-3,6H2,1H3. The summed E-state index contributed by atoms with van der Waals surface area (Å²) in [6, 6.07) is 1.98. The summed E-state index contributed by atoms with van der Waals surface area (Å²) < 4.78 is 1.91. The Hall–Kier alpha value is -0.130. The van der Waals surface area contributed by atoms with Gasteiger partial charge in [0.1, 0.15) is 5.82 Å². The number of hydrogen-bond donors (Lipinski definition) is 1. The number of halogens is 2. The Labute approximate surface area is 112 Å². The molecule has 0 aromatic carbocycles. The van der Waals surface area contributed by atoms with Gasteiger partial charge in [0.15, 0.2) is 0 Å². The maximum atomic E-state index is 9.86. The molecule has 2 rings (SSSR count). The summed E-state index contributed by atoms with van der Waals surface area (Å²) in [4.78, 5) is 6.51. The molecular weight excluding hydrogens is 336 g/mol. The van der Waals surface area contributed by atoms with Crippen LogP contribution >= 0.6 is 31.9 Å². The zero-order valence-corrected chi connectivity index (χ0v) is 12.2. The molecule has 0 bridgehead atoms. The van der Waals surface area contributed by atoms with Gasteiger partial charge in [-0.05, 0) is 50.3 Å². The third-order valence-corrected chi connectivity index (χ3v) is 4.02. The van der Waals surface area contributed by atoms with E-state index in [2.05, 4.69) is 48.7 Å². The quantitative estimate of drug-likeness (QED) is 0.846. The number of β-amino-alcohol motifs (C(OH)–C–C–N with tert-alkyl or cyclic N) is 1. The number of aliphatic hydroxyl groups is 1. The zero-order chi connectivity index (χ0) is 11.7. The van der Waals surface area contributed by atoms with Crippen LogP contribution in [0.1, 0.15) is 13.3 Å². The average Bonchev–Trinajstić information content (AvgIpc) is 2.22. The fraction of sp³-hybridized carbons (Fsp3) is 0.545. The molecule has 1 aromatic heterocycles. The van der Waals surface area contributed by atoms with Gasteiger partial charge in [-0.25, -0.2) is 4.98 Å². The van der Waals surface area contributed by atoms with Crippen molar-refractivity contribution >= 4 is 37.7 Å². The summed E-state index contributed by atoms with van der Waals surface area (Å²) in [6.45, 7) is 3.70. The smallest absolute Gasteiger partial charge is 0.143 e. The highest BCUT2D eigenvalue weighted by Gasteiger charge is 2.25. The van der Waals surface area contributed by atoms with Gasteiger partial charge in [-0.2, -0.15) is 0 Å². The first-order chi connectivity index (χ1) is 7.58. The first-order valence-corrected chi connectivity index (χ1v) is 6.90. The van der Waals surface area contributed by atoms with E-state index in [1.54, 1.807) is 6.20 Å². The van der Waals surface area contributed by atoms with Gasteiger partial charge in [0.25, 0.3) is 0 Å².